The average molecular weight is 422 g/mol. The molecule has 1 fully saturated rings. The fourth-order valence-corrected chi connectivity index (χ4v) is 4.26. The summed E-state index contributed by atoms with van der Waals surface area (Å²) in [6.07, 6.45) is 3.71. The molecule has 0 amide bonds. The van der Waals surface area contributed by atoms with Crippen molar-refractivity contribution in [2.45, 2.75) is 25.9 Å². The number of nitro benzene ring substituents is 1. The van der Waals surface area contributed by atoms with E-state index in [0.717, 1.165) is 23.6 Å². The summed E-state index contributed by atoms with van der Waals surface area (Å²) in [6.45, 7) is 5.11. The third-order valence-corrected chi connectivity index (χ3v) is 5.51. The second-order valence-electron chi connectivity index (χ2n) is 7.75. The fourth-order valence-electron chi connectivity index (χ4n) is 3.94. The zero-order chi connectivity index (χ0) is 21.3. The van der Waals surface area contributed by atoms with Gasteiger partial charge in [0.05, 0.1) is 28.4 Å². The number of pyridine rings is 1. The Morgan fingerprint density at radius 2 is 2.03 bits per heavy atom. The van der Waals surface area contributed by atoms with E-state index in [1.54, 1.807) is 18.3 Å². The summed E-state index contributed by atoms with van der Waals surface area (Å²) in [5.41, 5.74) is 2.71. The van der Waals surface area contributed by atoms with E-state index < -0.39 is 0 Å². The maximum Gasteiger partial charge on any atom is 0.271 e. The molecule has 1 saturated heterocycles. The lowest BCUT2D eigenvalue weighted by molar-refractivity contribution is -0.384. The molecule has 1 aliphatic rings. The molecule has 154 valence electrons. The lowest BCUT2D eigenvalue weighted by Gasteiger charge is -2.30. The van der Waals surface area contributed by atoms with Gasteiger partial charge in [-0.05, 0) is 48.5 Å². The first-order valence-corrected chi connectivity index (χ1v) is 10.3. The molecule has 1 aromatic carbocycles. The Kier molecular flexibility index (Phi) is 5.50. The summed E-state index contributed by atoms with van der Waals surface area (Å²) < 4.78 is 2.00. The number of aromatic nitrogens is 2. The predicted molar refractivity (Wildman–Crippen MR) is 119 cm³/mol. The maximum atomic E-state index is 11.3. The number of hydrogen-bond acceptors (Lipinski definition) is 4. The van der Waals surface area contributed by atoms with Crippen LogP contribution in [0.4, 0.5) is 5.69 Å². The third-order valence-electron chi connectivity index (χ3n) is 5.16. The van der Waals surface area contributed by atoms with Crippen molar-refractivity contribution >= 4 is 23.0 Å². The van der Waals surface area contributed by atoms with Crippen LogP contribution in [0.15, 0.2) is 67.0 Å². The summed E-state index contributed by atoms with van der Waals surface area (Å²) in [7, 11) is 0. The first-order chi connectivity index (χ1) is 14.5. The molecule has 1 aliphatic heterocycles. The van der Waals surface area contributed by atoms with Crippen molar-refractivity contribution in [2.24, 2.45) is 5.92 Å². The second-order valence-corrected chi connectivity index (χ2v) is 8.14. The van der Waals surface area contributed by atoms with E-state index in [-0.39, 0.29) is 22.7 Å². The van der Waals surface area contributed by atoms with Crippen LogP contribution in [-0.2, 0) is 0 Å². The predicted octanol–water partition coefficient (Wildman–Crippen LogP) is 4.41. The number of non-ortho nitro benzene ring substituents is 1. The van der Waals surface area contributed by atoms with Gasteiger partial charge in [-0.15, -0.1) is 0 Å². The van der Waals surface area contributed by atoms with Crippen LogP contribution >= 0.6 is 12.2 Å². The van der Waals surface area contributed by atoms with Gasteiger partial charge in [-0.3, -0.25) is 15.1 Å². The largest absolute Gasteiger partial charge is 0.352 e. The number of benzene rings is 1. The van der Waals surface area contributed by atoms with Crippen LogP contribution in [0.3, 0.4) is 0 Å². The Labute approximate surface area is 180 Å². The second kappa shape index (κ2) is 8.23. The highest BCUT2D eigenvalue weighted by Crippen LogP contribution is 2.40. The molecule has 2 aromatic heterocycles. The molecule has 0 spiro atoms. The molecule has 0 aliphatic carbocycles. The van der Waals surface area contributed by atoms with Crippen LogP contribution in [-0.4, -0.2) is 31.0 Å². The molecular formula is C22H23N5O2S. The van der Waals surface area contributed by atoms with Gasteiger partial charge in [-0.1, -0.05) is 26.0 Å². The first-order valence-electron chi connectivity index (χ1n) is 9.86. The normalized spacial score (nSPS) is 18.6. The SMILES string of the molecule is CC(C)CN1C(=S)N[C@@H](c2ccccn2)[C@H]1c1cccn1-c1cccc([N+](=O)[O-])c1. The Bertz CT molecular complexity index is 1070. The molecule has 3 aromatic rings. The summed E-state index contributed by atoms with van der Waals surface area (Å²) >= 11 is 5.69. The van der Waals surface area contributed by atoms with Gasteiger partial charge in [-0.25, -0.2) is 0 Å². The van der Waals surface area contributed by atoms with Crippen molar-refractivity contribution in [1.29, 1.82) is 0 Å². The molecule has 0 bridgehead atoms. The van der Waals surface area contributed by atoms with E-state index in [1.165, 1.54) is 6.07 Å². The van der Waals surface area contributed by atoms with Gasteiger partial charge >= 0.3 is 0 Å². The monoisotopic (exact) mass is 421 g/mol. The lowest BCUT2D eigenvalue weighted by Crippen LogP contribution is -2.33. The Balaban J connectivity index is 1.81. The van der Waals surface area contributed by atoms with Crippen LogP contribution in [0.5, 0.6) is 0 Å². The van der Waals surface area contributed by atoms with E-state index in [4.69, 9.17) is 12.2 Å². The Morgan fingerprint density at radius 1 is 1.20 bits per heavy atom. The van der Waals surface area contributed by atoms with Crippen LogP contribution in [0.2, 0.25) is 0 Å². The van der Waals surface area contributed by atoms with Crippen LogP contribution < -0.4 is 5.32 Å². The zero-order valence-electron chi connectivity index (χ0n) is 16.8. The minimum absolute atomic E-state index is 0.0625. The highest BCUT2D eigenvalue weighted by molar-refractivity contribution is 7.80. The van der Waals surface area contributed by atoms with Crippen LogP contribution in [0.25, 0.3) is 5.69 Å². The average Bonchev–Trinajstić information content (AvgIpc) is 3.33. The molecule has 7 nitrogen and oxygen atoms in total. The smallest absolute Gasteiger partial charge is 0.271 e. The topological polar surface area (TPSA) is 76.2 Å². The zero-order valence-corrected chi connectivity index (χ0v) is 17.6. The quantitative estimate of drug-likeness (QED) is 0.361. The van der Waals surface area contributed by atoms with Gasteiger partial charge in [-0.2, -0.15) is 0 Å². The minimum Gasteiger partial charge on any atom is -0.352 e. The standard InChI is InChI=1S/C22H23N5O2S/c1-15(2)14-26-21(20(24-22(26)30)18-9-3-4-11-23-18)19-10-6-12-25(19)16-7-5-8-17(13-16)27(28)29/h3-13,15,20-21H,14H2,1-2H3,(H,24,30)/t20-,21+/m0/s1. The van der Waals surface area contributed by atoms with Gasteiger partial charge in [0.15, 0.2) is 5.11 Å². The van der Waals surface area contributed by atoms with Crippen molar-refractivity contribution in [3.05, 3.63) is 88.5 Å². The summed E-state index contributed by atoms with van der Waals surface area (Å²) in [6, 6.07) is 16.3. The number of thiocarbonyl (C=S) groups is 1. The molecule has 3 heterocycles. The number of hydrogen-bond donors (Lipinski definition) is 1. The highest BCUT2D eigenvalue weighted by Gasteiger charge is 2.41. The molecule has 2 atom stereocenters. The van der Waals surface area contributed by atoms with Gasteiger partial charge in [0, 0.05) is 36.8 Å². The van der Waals surface area contributed by atoms with Crippen LogP contribution in [0.1, 0.15) is 37.3 Å². The third kappa shape index (κ3) is 3.78. The molecule has 0 radical (unpaired) electrons. The maximum absolute atomic E-state index is 11.3. The molecule has 0 unspecified atom stereocenters. The van der Waals surface area contributed by atoms with Crippen molar-refractivity contribution in [1.82, 2.24) is 19.8 Å². The van der Waals surface area contributed by atoms with E-state index in [1.807, 2.05) is 47.2 Å². The van der Waals surface area contributed by atoms with E-state index in [0.29, 0.717) is 11.0 Å². The van der Waals surface area contributed by atoms with Crippen molar-refractivity contribution in [2.75, 3.05) is 6.54 Å². The molecule has 8 heteroatoms. The first kappa shape index (κ1) is 20.0. The Morgan fingerprint density at radius 3 is 2.73 bits per heavy atom. The van der Waals surface area contributed by atoms with E-state index in [2.05, 4.69) is 29.0 Å². The van der Waals surface area contributed by atoms with Crippen LogP contribution in [0, 0.1) is 16.0 Å². The molecule has 0 saturated carbocycles. The lowest BCUT2D eigenvalue weighted by atomic mass is 10.0. The fraction of sp³-hybridized carbons (Fsp3) is 0.273. The van der Waals surface area contributed by atoms with Gasteiger partial charge in [0.25, 0.3) is 5.69 Å². The van der Waals surface area contributed by atoms with Crippen molar-refractivity contribution in [3.63, 3.8) is 0 Å². The van der Waals surface area contributed by atoms with Gasteiger partial charge in [0.2, 0.25) is 0 Å². The van der Waals surface area contributed by atoms with Gasteiger partial charge < -0.3 is 14.8 Å². The van der Waals surface area contributed by atoms with Crippen molar-refractivity contribution < 1.29 is 4.92 Å². The van der Waals surface area contributed by atoms with E-state index in [9.17, 15) is 10.1 Å². The number of nitrogens with one attached hydrogen (secondary N) is 1. The number of nitrogens with zero attached hydrogens (tertiary/aromatic N) is 4. The molecule has 1 N–H and O–H groups in total. The number of nitro groups is 1. The Hall–Kier alpha value is -3.26. The summed E-state index contributed by atoms with van der Waals surface area (Å²) in [5.74, 6) is 0.413. The number of rotatable bonds is 6. The highest BCUT2D eigenvalue weighted by atomic mass is 32.1. The van der Waals surface area contributed by atoms with Gasteiger partial charge in [0.1, 0.15) is 0 Å². The van der Waals surface area contributed by atoms with Crippen molar-refractivity contribution in [3.8, 4) is 5.69 Å². The van der Waals surface area contributed by atoms with E-state index >= 15 is 0 Å². The molecule has 30 heavy (non-hydrogen) atoms. The molecule has 4 rings (SSSR count). The summed E-state index contributed by atoms with van der Waals surface area (Å²) in [5, 5.41) is 15.4. The molecular weight excluding hydrogens is 398 g/mol. The summed E-state index contributed by atoms with van der Waals surface area (Å²) in [4.78, 5) is 17.7. The minimum atomic E-state index is -0.374.